The first-order valence-electron chi connectivity index (χ1n) is 6.49. The molecular weight excluding hydrogens is 339 g/mol. The maximum absolute atomic E-state index is 12.6. The van der Waals surface area contributed by atoms with Crippen molar-refractivity contribution in [2.75, 3.05) is 19.6 Å². The van der Waals surface area contributed by atoms with Crippen LogP contribution in [-0.2, 0) is 0 Å². The number of carbonyl (C=O) groups excluding carboxylic acids is 1. The van der Waals surface area contributed by atoms with Crippen LogP contribution >= 0.6 is 22.6 Å². The molecule has 1 fully saturated rings. The van der Waals surface area contributed by atoms with Gasteiger partial charge in [-0.3, -0.25) is 4.79 Å². The highest BCUT2D eigenvalue weighted by Crippen LogP contribution is 2.16. The zero-order valence-electron chi connectivity index (χ0n) is 10.7. The number of nitrogens with one attached hydrogen (secondary N) is 1. The molecule has 1 amide bonds. The molecule has 0 radical (unpaired) electrons. The van der Waals surface area contributed by atoms with E-state index in [-0.39, 0.29) is 5.91 Å². The zero-order valence-corrected chi connectivity index (χ0v) is 12.8. The van der Waals surface area contributed by atoms with E-state index in [0.717, 1.165) is 41.6 Å². The third-order valence-electron chi connectivity index (χ3n) is 3.27. The van der Waals surface area contributed by atoms with Crippen molar-refractivity contribution >= 4 is 28.5 Å². The fraction of sp³-hybridized carbons (Fsp3) is 0.500. The molecule has 1 aliphatic heterocycles. The summed E-state index contributed by atoms with van der Waals surface area (Å²) in [6, 6.07) is 8.20. The van der Waals surface area contributed by atoms with E-state index in [0.29, 0.717) is 6.04 Å². The summed E-state index contributed by atoms with van der Waals surface area (Å²) < 4.78 is 1.11. The van der Waals surface area contributed by atoms with Crippen LogP contribution in [-0.4, -0.2) is 36.5 Å². The maximum atomic E-state index is 12.6. The van der Waals surface area contributed by atoms with E-state index in [2.05, 4.69) is 34.8 Å². The number of hydrogen-bond donors (Lipinski definition) is 1. The van der Waals surface area contributed by atoms with Gasteiger partial charge in [0.15, 0.2) is 0 Å². The second kappa shape index (κ2) is 6.52. The van der Waals surface area contributed by atoms with Gasteiger partial charge in [0.2, 0.25) is 0 Å². The summed E-state index contributed by atoms with van der Waals surface area (Å²) in [6.07, 6.45) is 2.07. The Morgan fingerprint density at radius 1 is 1.56 bits per heavy atom. The lowest BCUT2D eigenvalue weighted by Gasteiger charge is -2.28. The fourth-order valence-corrected chi connectivity index (χ4v) is 2.93. The van der Waals surface area contributed by atoms with Crippen LogP contribution in [0, 0.1) is 3.57 Å². The van der Waals surface area contributed by atoms with Crippen LogP contribution < -0.4 is 5.32 Å². The predicted molar refractivity (Wildman–Crippen MR) is 81.8 cm³/mol. The van der Waals surface area contributed by atoms with Gasteiger partial charge in [-0.2, -0.15) is 0 Å². The molecular formula is C14H19IN2O. The normalized spacial score (nSPS) is 18.9. The Bertz CT molecular complexity index is 416. The van der Waals surface area contributed by atoms with Gasteiger partial charge in [0.1, 0.15) is 0 Å². The topological polar surface area (TPSA) is 32.3 Å². The highest BCUT2D eigenvalue weighted by Gasteiger charge is 2.26. The minimum absolute atomic E-state index is 0.170. The van der Waals surface area contributed by atoms with Crippen LogP contribution in [0.5, 0.6) is 0 Å². The lowest BCUT2D eigenvalue weighted by molar-refractivity contribution is 0.0692. The molecule has 0 aliphatic carbocycles. The molecule has 2 rings (SSSR count). The lowest BCUT2D eigenvalue weighted by atomic mass is 10.1. The Labute approximate surface area is 122 Å². The first-order chi connectivity index (χ1) is 8.72. The zero-order chi connectivity index (χ0) is 13.0. The van der Waals surface area contributed by atoms with E-state index in [1.54, 1.807) is 0 Å². The molecule has 98 valence electrons. The predicted octanol–water partition coefficient (Wildman–Crippen LogP) is 2.51. The molecule has 1 N–H and O–H groups in total. The molecule has 1 atom stereocenters. The van der Waals surface area contributed by atoms with E-state index in [4.69, 9.17) is 0 Å². The third kappa shape index (κ3) is 3.23. The highest BCUT2D eigenvalue weighted by molar-refractivity contribution is 14.1. The number of rotatable bonds is 4. The quantitative estimate of drug-likeness (QED) is 0.839. The van der Waals surface area contributed by atoms with E-state index >= 15 is 0 Å². The summed E-state index contributed by atoms with van der Waals surface area (Å²) in [4.78, 5) is 14.6. The maximum Gasteiger partial charge on any atom is 0.254 e. The lowest BCUT2D eigenvalue weighted by Crippen LogP contribution is -2.42. The molecule has 1 unspecified atom stereocenters. The summed E-state index contributed by atoms with van der Waals surface area (Å²) in [5.74, 6) is 0.170. The van der Waals surface area contributed by atoms with Crippen LogP contribution in [0.15, 0.2) is 24.3 Å². The fourth-order valence-electron chi connectivity index (χ4n) is 2.38. The number of nitrogens with zero attached hydrogens (tertiary/aromatic N) is 1. The molecule has 0 spiro atoms. The van der Waals surface area contributed by atoms with Crippen molar-refractivity contribution in [1.82, 2.24) is 10.2 Å². The van der Waals surface area contributed by atoms with E-state index in [1.165, 1.54) is 0 Å². The van der Waals surface area contributed by atoms with Crippen LogP contribution in [0.1, 0.15) is 30.1 Å². The van der Waals surface area contributed by atoms with E-state index in [1.807, 2.05) is 29.2 Å². The van der Waals surface area contributed by atoms with Gasteiger partial charge in [-0.25, -0.2) is 0 Å². The first-order valence-corrected chi connectivity index (χ1v) is 7.57. The molecule has 4 heteroatoms. The van der Waals surface area contributed by atoms with Crippen LogP contribution in [0.3, 0.4) is 0 Å². The molecule has 3 nitrogen and oxygen atoms in total. The minimum atomic E-state index is 0.170. The van der Waals surface area contributed by atoms with Crippen molar-refractivity contribution in [3.8, 4) is 0 Å². The molecule has 1 aromatic rings. The van der Waals surface area contributed by atoms with Gasteiger partial charge in [-0.05, 0) is 60.2 Å². The van der Waals surface area contributed by atoms with Gasteiger partial charge in [-0.15, -0.1) is 0 Å². The van der Waals surface area contributed by atoms with Crippen molar-refractivity contribution in [2.24, 2.45) is 0 Å². The molecule has 0 bridgehead atoms. The SMILES string of the molecule is CCCN(C(=O)c1cccc(I)c1)C1CCNC1. The number of amides is 1. The number of benzene rings is 1. The van der Waals surface area contributed by atoms with Crippen LogP contribution in [0.4, 0.5) is 0 Å². The molecule has 0 saturated carbocycles. The van der Waals surface area contributed by atoms with Gasteiger partial charge in [0.05, 0.1) is 0 Å². The molecule has 18 heavy (non-hydrogen) atoms. The summed E-state index contributed by atoms with van der Waals surface area (Å²) in [7, 11) is 0. The molecule has 1 aliphatic rings. The Hall–Kier alpha value is -0.620. The van der Waals surface area contributed by atoms with Gasteiger partial charge in [0.25, 0.3) is 5.91 Å². The second-order valence-corrected chi connectivity index (χ2v) is 5.90. The van der Waals surface area contributed by atoms with Crippen molar-refractivity contribution in [1.29, 1.82) is 0 Å². The van der Waals surface area contributed by atoms with Gasteiger partial charge in [0, 0.05) is 28.3 Å². The summed E-state index contributed by atoms with van der Waals surface area (Å²) >= 11 is 2.25. The van der Waals surface area contributed by atoms with E-state index < -0.39 is 0 Å². The number of carbonyl (C=O) groups is 1. The van der Waals surface area contributed by atoms with Crippen molar-refractivity contribution < 1.29 is 4.79 Å². The van der Waals surface area contributed by atoms with Crippen LogP contribution in [0.2, 0.25) is 0 Å². The number of halogens is 1. The number of hydrogen-bond acceptors (Lipinski definition) is 2. The highest BCUT2D eigenvalue weighted by atomic mass is 127. The molecule has 0 aromatic heterocycles. The molecule has 1 aromatic carbocycles. The Morgan fingerprint density at radius 2 is 2.39 bits per heavy atom. The Balaban J connectivity index is 2.17. The van der Waals surface area contributed by atoms with Gasteiger partial charge < -0.3 is 10.2 Å². The minimum Gasteiger partial charge on any atom is -0.334 e. The molecule has 1 saturated heterocycles. The third-order valence-corrected chi connectivity index (χ3v) is 3.94. The Morgan fingerprint density at radius 3 is 3.00 bits per heavy atom. The first kappa shape index (κ1) is 13.8. The van der Waals surface area contributed by atoms with Crippen LogP contribution in [0.25, 0.3) is 0 Å². The Kier molecular flexibility index (Phi) is 5.00. The standard InChI is InChI=1S/C14H19IN2O/c1-2-8-17(13-6-7-16-10-13)14(18)11-4-3-5-12(15)9-11/h3-5,9,13,16H,2,6-8,10H2,1H3. The van der Waals surface area contributed by atoms with Gasteiger partial charge >= 0.3 is 0 Å². The van der Waals surface area contributed by atoms with Gasteiger partial charge in [-0.1, -0.05) is 13.0 Å². The second-order valence-electron chi connectivity index (χ2n) is 4.66. The average molecular weight is 358 g/mol. The monoisotopic (exact) mass is 358 g/mol. The summed E-state index contributed by atoms with van der Waals surface area (Å²) in [5, 5.41) is 3.33. The van der Waals surface area contributed by atoms with Crippen molar-refractivity contribution in [3.63, 3.8) is 0 Å². The van der Waals surface area contributed by atoms with Crippen molar-refractivity contribution in [3.05, 3.63) is 33.4 Å². The molecule has 1 heterocycles. The smallest absolute Gasteiger partial charge is 0.254 e. The van der Waals surface area contributed by atoms with E-state index in [9.17, 15) is 4.79 Å². The summed E-state index contributed by atoms with van der Waals surface area (Å²) in [5.41, 5.74) is 0.808. The average Bonchev–Trinajstić information content (AvgIpc) is 2.89. The summed E-state index contributed by atoms with van der Waals surface area (Å²) in [6.45, 7) is 4.91. The van der Waals surface area contributed by atoms with Crippen molar-refractivity contribution in [2.45, 2.75) is 25.8 Å². The largest absolute Gasteiger partial charge is 0.334 e.